The van der Waals surface area contributed by atoms with E-state index in [1.165, 1.54) is 0 Å². The third kappa shape index (κ3) is 4.94. The average molecular weight is 292 g/mol. The zero-order valence-corrected chi connectivity index (χ0v) is 11.4. The largest absolute Gasteiger partial charge is 0.508 e. The van der Waals surface area contributed by atoms with Gasteiger partial charge < -0.3 is 25.2 Å². The molecule has 0 unspecified atom stereocenters. The second kappa shape index (κ2) is 7.64. The lowest BCUT2D eigenvalue weighted by molar-refractivity contribution is 0.0525. The molecule has 6 nitrogen and oxygen atoms in total. The molecule has 2 rings (SSSR count). The summed E-state index contributed by atoms with van der Waals surface area (Å²) in [5.74, 6) is -2.13. The number of rotatable bonds is 2. The summed E-state index contributed by atoms with van der Waals surface area (Å²) in [6.45, 7) is 1.83. The fourth-order valence-electron chi connectivity index (χ4n) is 1.36. The third-order valence-corrected chi connectivity index (χ3v) is 2.34. The maximum Gasteiger partial charge on any atom is 0.338 e. The van der Waals surface area contributed by atoms with Gasteiger partial charge in [-0.25, -0.2) is 4.79 Å². The number of para-hydroxylation sites is 1. The van der Waals surface area contributed by atoms with Crippen LogP contribution in [0.1, 0.15) is 17.3 Å². The van der Waals surface area contributed by atoms with Crippen molar-refractivity contribution in [3.63, 3.8) is 0 Å². The first-order chi connectivity index (χ1) is 9.95. The fraction of sp³-hybridized carbons (Fsp3) is 0.133. The Bertz CT molecular complexity index is 571. The lowest BCUT2D eigenvalue weighted by Crippen LogP contribution is -2.04. The second-order valence-corrected chi connectivity index (χ2v) is 3.92. The Kier molecular flexibility index (Phi) is 5.88. The molecule has 0 aliphatic rings. The number of aromatic hydroxyl groups is 4. The minimum absolute atomic E-state index is 0.0142. The van der Waals surface area contributed by atoms with Crippen molar-refractivity contribution < 1.29 is 30.0 Å². The van der Waals surface area contributed by atoms with Crippen LogP contribution in [0.3, 0.4) is 0 Å². The molecule has 0 aliphatic heterocycles. The number of benzene rings is 2. The first-order valence-corrected chi connectivity index (χ1v) is 6.11. The molecule has 2 aromatic carbocycles. The Labute approximate surface area is 121 Å². The highest BCUT2D eigenvalue weighted by Gasteiger charge is 2.13. The molecule has 0 saturated carbocycles. The Morgan fingerprint density at radius 2 is 1.52 bits per heavy atom. The van der Waals surface area contributed by atoms with E-state index in [0.717, 1.165) is 12.1 Å². The Morgan fingerprint density at radius 3 is 1.90 bits per heavy atom. The van der Waals surface area contributed by atoms with Gasteiger partial charge in [-0.05, 0) is 31.2 Å². The maximum atomic E-state index is 11.1. The molecule has 0 aromatic heterocycles. The van der Waals surface area contributed by atoms with E-state index in [0.29, 0.717) is 5.75 Å². The number of hydrogen-bond donors (Lipinski definition) is 4. The summed E-state index contributed by atoms with van der Waals surface area (Å²) in [5, 5.41) is 35.8. The fourth-order valence-corrected chi connectivity index (χ4v) is 1.36. The molecule has 0 saturated heterocycles. The van der Waals surface area contributed by atoms with Crippen molar-refractivity contribution in [3.8, 4) is 23.0 Å². The predicted molar refractivity (Wildman–Crippen MR) is 75.5 cm³/mol. The Morgan fingerprint density at radius 1 is 1.00 bits per heavy atom. The van der Waals surface area contributed by atoms with Gasteiger partial charge in [0.05, 0.1) is 12.2 Å². The van der Waals surface area contributed by atoms with E-state index in [1.807, 2.05) is 6.07 Å². The van der Waals surface area contributed by atoms with Gasteiger partial charge in [0.25, 0.3) is 0 Å². The zero-order chi connectivity index (χ0) is 15.8. The number of hydrogen-bond acceptors (Lipinski definition) is 6. The van der Waals surface area contributed by atoms with Crippen LogP contribution in [0.4, 0.5) is 0 Å². The first-order valence-electron chi connectivity index (χ1n) is 6.11. The molecular weight excluding hydrogens is 276 g/mol. The van der Waals surface area contributed by atoms with Crippen molar-refractivity contribution in [1.29, 1.82) is 0 Å². The average Bonchev–Trinajstić information content (AvgIpc) is 2.46. The summed E-state index contributed by atoms with van der Waals surface area (Å²) in [6.07, 6.45) is 0. The minimum Gasteiger partial charge on any atom is -0.508 e. The lowest BCUT2D eigenvalue weighted by Gasteiger charge is -2.04. The number of phenols is 4. The van der Waals surface area contributed by atoms with Crippen LogP contribution in [-0.2, 0) is 4.74 Å². The molecule has 4 N–H and O–H groups in total. The van der Waals surface area contributed by atoms with Gasteiger partial charge in [-0.15, -0.1) is 0 Å². The van der Waals surface area contributed by atoms with Crippen LogP contribution in [0.5, 0.6) is 23.0 Å². The minimum atomic E-state index is -0.668. The number of phenolic OH excluding ortho intramolecular Hbond substituents is 4. The van der Waals surface area contributed by atoms with E-state index < -0.39 is 23.2 Å². The smallest absolute Gasteiger partial charge is 0.338 e. The molecule has 0 radical (unpaired) electrons. The van der Waals surface area contributed by atoms with Crippen molar-refractivity contribution in [3.05, 3.63) is 48.0 Å². The van der Waals surface area contributed by atoms with E-state index in [1.54, 1.807) is 31.2 Å². The van der Waals surface area contributed by atoms with Crippen molar-refractivity contribution in [2.45, 2.75) is 6.92 Å². The SMILES string of the molecule is CCOC(=O)c1cc(O)c(O)c(O)c1.Oc1ccccc1. The monoisotopic (exact) mass is 292 g/mol. The van der Waals surface area contributed by atoms with Crippen LogP contribution in [0, 0.1) is 0 Å². The summed E-state index contributed by atoms with van der Waals surface area (Å²) in [4.78, 5) is 11.1. The Balaban J connectivity index is 0.000000262. The first kappa shape index (κ1) is 16.2. The van der Waals surface area contributed by atoms with E-state index in [2.05, 4.69) is 4.74 Å². The number of carbonyl (C=O) groups is 1. The zero-order valence-electron chi connectivity index (χ0n) is 11.4. The third-order valence-electron chi connectivity index (χ3n) is 2.34. The molecule has 0 aliphatic carbocycles. The molecule has 0 atom stereocenters. The standard InChI is InChI=1S/C9H10O5.C6H6O/c1-2-14-9(13)5-3-6(10)8(12)7(11)4-5;7-6-4-2-1-3-5-6/h3-4,10-12H,2H2,1H3;1-5,7H. The van der Waals surface area contributed by atoms with Crippen molar-refractivity contribution in [2.75, 3.05) is 6.61 Å². The Hall–Kier alpha value is -2.89. The van der Waals surface area contributed by atoms with Gasteiger partial charge in [0.2, 0.25) is 0 Å². The van der Waals surface area contributed by atoms with Crippen molar-refractivity contribution in [2.24, 2.45) is 0 Å². The summed E-state index contributed by atoms with van der Waals surface area (Å²) in [5.41, 5.74) is -0.0142. The van der Waals surface area contributed by atoms with Crippen LogP contribution in [0.15, 0.2) is 42.5 Å². The topological polar surface area (TPSA) is 107 Å². The highest BCUT2D eigenvalue weighted by Crippen LogP contribution is 2.35. The molecule has 0 bridgehead atoms. The van der Waals surface area contributed by atoms with Gasteiger partial charge in [-0.2, -0.15) is 0 Å². The highest BCUT2D eigenvalue weighted by molar-refractivity contribution is 5.91. The summed E-state index contributed by atoms with van der Waals surface area (Å²) < 4.78 is 4.63. The van der Waals surface area contributed by atoms with E-state index in [4.69, 9.17) is 20.4 Å². The molecule has 0 fully saturated rings. The van der Waals surface area contributed by atoms with Gasteiger partial charge >= 0.3 is 5.97 Å². The summed E-state index contributed by atoms with van der Waals surface area (Å²) in [6, 6.07) is 10.8. The van der Waals surface area contributed by atoms with Crippen LogP contribution in [-0.4, -0.2) is 33.0 Å². The number of carbonyl (C=O) groups excluding carboxylic acids is 1. The van der Waals surface area contributed by atoms with Gasteiger partial charge in [-0.3, -0.25) is 0 Å². The molecule has 6 heteroatoms. The van der Waals surface area contributed by atoms with Gasteiger partial charge in [0, 0.05) is 0 Å². The highest BCUT2D eigenvalue weighted by atomic mass is 16.5. The number of esters is 1. The van der Waals surface area contributed by atoms with Crippen molar-refractivity contribution >= 4 is 5.97 Å². The summed E-state index contributed by atoms with van der Waals surface area (Å²) >= 11 is 0. The van der Waals surface area contributed by atoms with E-state index >= 15 is 0 Å². The normalized spacial score (nSPS) is 9.38. The predicted octanol–water partition coefficient (Wildman–Crippen LogP) is 2.37. The van der Waals surface area contributed by atoms with Crippen LogP contribution >= 0.6 is 0 Å². The van der Waals surface area contributed by atoms with Crippen molar-refractivity contribution in [1.82, 2.24) is 0 Å². The van der Waals surface area contributed by atoms with Crippen LogP contribution in [0.2, 0.25) is 0 Å². The van der Waals surface area contributed by atoms with Gasteiger partial charge in [0.1, 0.15) is 5.75 Å². The molecule has 21 heavy (non-hydrogen) atoms. The quantitative estimate of drug-likeness (QED) is 0.500. The maximum absolute atomic E-state index is 11.1. The van der Waals surface area contributed by atoms with E-state index in [9.17, 15) is 4.79 Å². The molecule has 0 spiro atoms. The molecule has 0 amide bonds. The number of ether oxygens (including phenoxy) is 1. The second-order valence-electron chi connectivity index (χ2n) is 3.92. The van der Waals surface area contributed by atoms with Gasteiger partial charge in [0.15, 0.2) is 17.2 Å². The summed E-state index contributed by atoms with van der Waals surface area (Å²) in [7, 11) is 0. The molecule has 2 aromatic rings. The lowest BCUT2D eigenvalue weighted by atomic mass is 10.2. The molecule has 0 heterocycles. The van der Waals surface area contributed by atoms with E-state index in [-0.39, 0.29) is 12.2 Å². The van der Waals surface area contributed by atoms with Crippen LogP contribution in [0.25, 0.3) is 0 Å². The van der Waals surface area contributed by atoms with Crippen LogP contribution < -0.4 is 0 Å². The van der Waals surface area contributed by atoms with Gasteiger partial charge in [-0.1, -0.05) is 18.2 Å². The molecule has 112 valence electrons. The molecular formula is C15H16O6.